The van der Waals surface area contributed by atoms with Crippen molar-refractivity contribution in [1.82, 2.24) is 9.97 Å². The molecule has 126 valence electrons. The van der Waals surface area contributed by atoms with Gasteiger partial charge in [-0.2, -0.15) is 0 Å². The number of nitrogens with one attached hydrogen (secondary N) is 2. The summed E-state index contributed by atoms with van der Waals surface area (Å²) >= 11 is 0. The smallest absolute Gasteiger partial charge is 0.257 e. The Labute approximate surface area is 149 Å². The lowest BCUT2D eigenvalue weighted by molar-refractivity contribution is 0.102. The quantitative estimate of drug-likeness (QED) is 0.594. The summed E-state index contributed by atoms with van der Waals surface area (Å²) in [7, 11) is 0. The predicted octanol–water partition coefficient (Wildman–Crippen LogP) is 3.84. The van der Waals surface area contributed by atoms with Gasteiger partial charge in [-0.3, -0.25) is 9.59 Å². The Hall–Kier alpha value is -3.73. The normalized spacial score (nSPS) is 10.6. The molecule has 0 spiro atoms. The van der Waals surface area contributed by atoms with Gasteiger partial charge >= 0.3 is 0 Å². The number of aromatic nitrogens is 2. The van der Waals surface area contributed by atoms with Gasteiger partial charge in [-0.1, -0.05) is 48.5 Å². The minimum atomic E-state index is -0.368. The Kier molecular flexibility index (Phi) is 4.03. The summed E-state index contributed by atoms with van der Waals surface area (Å²) in [4.78, 5) is 31.5. The van der Waals surface area contributed by atoms with Crippen molar-refractivity contribution >= 4 is 22.6 Å². The van der Waals surface area contributed by atoms with Crippen LogP contribution >= 0.6 is 0 Å². The van der Waals surface area contributed by atoms with Gasteiger partial charge in [-0.05, 0) is 23.8 Å². The van der Waals surface area contributed by atoms with Gasteiger partial charge in [0.1, 0.15) is 5.82 Å². The molecule has 0 aliphatic rings. The minimum absolute atomic E-state index is 0.318. The number of benzene rings is 2. The van der Waals surface area contributed by atoms with Crippen LogP contribution in [0.25, 0.3) is 22.0 Å². The number of pyridine rings is 2. The number of carbonyl (C=O) groups excluding carboxylic acids is 1. The number of hydrogen-bond acceptors (Lipinski definition) is 3. The maximum absolute atomic E-state index is 12.6. The molecule has 0 bridgehead atoms. The van der Waals surface area contributed by atoms with Crippen LogP contribution in [0.3, 0.4) is 0 Å². The second kappa shape index (κ2) is 6.64. The first-order valence-electron chi connectivity index (χ1n) is 8.15. The fourth-order valence-corrected chi connectivity index (χ4v) is 2.85. The Morgan fingerprint density at radius 1 is 0.885 bits per heavy atom. The van der Waals surface area contributed by atoms with Crippen LogP contribution in [-0.4, -0.2) is 15.9 Å². The van der Waals surface area contributed by atoms with Gasteiger partial charge in [0.2, 0.25) is 5.56 Å². The molecule has 0 saturated carbocycles. The van der Waals surface area contributed by atoms with Crippen LogP contribution in [0, 0.1) is 0 Å². The molecule has 0 atom stereocenters. The monoisotopic (exact) mass is 341 g/mol. The Balaban J connectivity index is 1.62. The molecule has 2 heterocycles. The van der Waals surface area contributed by atoms with Crippen LogP contribution in [0.2, 0.25) is 0 Å². The molecule has 4 rings (SSSR count). The molecule has 0 fully saturated rings. The number of amides is 1. The van der Waals surface area contributed by atoms with Gasteiger partial charge in [-0.25, -0.2) is 4.98 Å². The van der Waals surface area contributed by atoms with Crippen molar-refractivity contribution in [2.75, 3.05) is 5.32 Å². The molecule has 5 heteroatoms. The average Bonchev–Trinajstić information content (AvgIpc) is 2.68. The number of hydrogen-bond donors (Lipinski definition) is 2. The fraction of sp³-hybridized carbons (Fsp3) is 0. The maximum Gasteiger partial charge on any atom is 0.257 e. The molecule has 0 aliphatic carbocycles. The van der Waals surface area contributed by atoms with Crippen molar-refractivity contribution in [2.24, 2.45) is 0 Å². The van der Waals surface area contributed by atoms with E-state index in [1.165, 1.54) is 6.07 Å². The second-order valence-electron chi connectivity index (χ2n) is 5.85. The summed E-state index contributed by atoms with van der Waals surface area (Å²) in [6.45, 7) is 0. The van der Waals surface area contributed by atoms with Gasteiger partial charge in [0, 0.05) is 28.7 Å². The van der Waals surface area contributed by atoms with E-state index < -0.39 is 0 Å². The average molecular weight is 341 g/mol. The molecule has 2 aromatic heterocycles. The third-order valence-electron chi connectivity index (χ3n) is 4.11. The summed E-state index contributed by atoms with van der Waals surface area (Å²) in [6.07, 6.45) is 1.71. The highest BCUT2D eigenvalue weighted by Crippen LogP contribution is 2.20. The van der Waals surface area contributed by atoms with Gasteiger partial charge in [0.15, 0.2) is 0 Å². The Morgan fingerprint density at radius 2 is 1.65 bits per heavy atom. The van der Waals surface area contributed by atoms with Crippen LogP contribution in [0.1, 0.15) is 10.4 Å². The second-order valence-corrected chi connectivity index (χ2v) is 5.85. The summed E-state index contributed by atoms with van der Waals surface area (Å²) < 4.78 is 0. The highest BCUT2D eigenvalue weighted by atomic mass is 16.2. The van der Waals surface area contributed by atoms with Crippen LogP contribution in [-0.2, 0) is 0 Å². The summed E-state index contributed by atoms with van der Waals surface area (Å²) in [5, 5.41) is 3.44. The van der Waals surface area contributed by atoms with E-state index in [9.17, 15) is 9.59 Å². The lowest BCUT2D eigenvalue weighted by Gasteiger charge is -2.08. The van der Waals surface area contributed by atoms with Crippen molar-refractivity contribution in [3.63, 3.8) is 0 Å². The fourth-order valence-electron chi connectivity index (χ4n) is 2.85. The first-order chi connectivity index (χ1) is 12.7. The van der Waals surface area contributed by atoms with Crippen molar-refractivity contribution < 1.29 is 4.79 Å². The van der Waals surface area contributed by atoms with Crippen molar-refractivity contribution in [1.29, 1.82) is 0 Å². The zero-order valence-corrected chi connectivity index (χ0v) is 13.8. The first kappa shape index (κ1) is 15.8. The third-order valence-corrected chi connectivity index (χ3v) is 4.11. The molecule has 26 heavy (non-hydrogen) atoms. The topological polar surface area (TPSA) is 74.8 Å². The van der Waals surface area contributed by atoms with E-state index in [0.717, 1.165) is 11.1 Å². The molecule has 2 aromatic carbocycles. The first-order valence-corrected chi connectivity index (χ1v) is 8.15. The number of anilines is 1. The highest BCUT2D eigenvalue weighted by Gasteiger charge is 2.12. The molecular weight excluding hydrogens is 326 g/mol. The number of para-hydroxylation sites is 1. The van der Waals surface area contributed by atoms with Gasteiger partial charge in [0.25, 0.3) is 5.91 Å². The molecule has 0 aliphatic heterocycles. The number of nitrogens with zero attached hydrogens (tertiary/aromatic N) is 1. The van der Waals surface area contributed by atoms with Crippen molar-refractivity contribution in [2.45, 2.75) is 0 Å². The summed E-state index contributed by atoms with van der Waals surface area (Å²) in [6, 6.07) is 22.0. The number of aromatic amines is 1. The number of rotatable bonds is 3. The molecule has 1 amide bonds. The summed E-state index contributed by atoms with van der Waals surface area (Å²) in [5.74, 6) is 0.0614. The van der Waals surface area contributed by atoms with E-state index in [1.807, 2.05) is 48.5 Å². The molecule has 2 N–H and O–H groups in total. The Bertz CT molecular complexity index is 1130. The van der Waals surface area contributed by atoms with Crippen LogP contribution in [0.15, 0.2) is 83.8 Å². The molecule has 5 nitrogen and oxygen atoms in total. The lowest BCUT2D eigenvalue weighted by Crippen LogP contribution is -2.17. The highest BCUT2D eigenvalue weighted by molar-refractivity contribution is 6.11. The predicted molar refractivity (Wildman–Crippen MR) is 102 cm³/mol. The SMILES string of the molecule is O=C(Nc1ccc(-c2ccccc2)cn1)c1cc(=O)[nH]c2ccccc12. The van der Waals surface area contributed by atoms with Crippen molar-refractivity contribution in [3.8, 4) is 11.1 Å². The Morgan fingerprint density at radius 3 is 2.42 bits per heavy atom. The molecule has 0 radical (unpaired) electrons. The zero-order chi connectivity index (χ0) is 17.9. The lowest BCUT2D eigenvalue weighted by atomic mass is 10.1. The van der Waals surface area contributed by atoms with E-state index in [-0.39, 0.29) is 11.5 Å². The third kappa shape index (κ3) is 3.10. The molecular formula is C21H15N3O2. The number of carbonyl (C=O) groups is 1. The van der Waals surface area contributed by atoms with E-state index in [2.05, 4.69) is 15.3 Å². The van der Waals surface area contributed by atoms with Crippen LogP contribution in [0.4, 0.5) is 5.82 Å². The van der Waals surface area contributed by atoms with Crippen molar-refractivity contribution in [3.05, 3.63) is 94.9 Å². The van der Waals surface area contributed by atoms with E-state index in [4.69, 9.17) is 0 Å². The maximum atomic E-state index is 12.6. The van der Waals surface area contributed by atoms with E-state index in [1.54, 1.807) is 24.4 Å². The summed E-state index contributed by atoms with van der Waals surface area (Å²) in [5.41, 5.74) is 2.64. The van der Waals surface area contributed by atoms with E-state index >= 15 is 0 Å². The van der Waals surface area contributed by atoms with E-state index in [0.29, 0.717) is 22.3 Å². The standard InChI is InChI=1S/C21H15N3O2/c25-20-12-17(16-8-4-5-9-18(16)23-20)21(26)24-19-11-10-15(13-22-19)14-6-2-1-3-7-14/h1-13H,(H,23,25)(H,22,24,26). The van der Waals surface area contributed by atoms with Gasteiger partial charge in [0.05, 0.1) is 5.56 Å². The van der Waals surface area contributed by atoms with Gasteiger partial charge in [-0.15, -0.1) is 0 Å². The minimum Gasteiger partial charge on any atom is -0.322 e. The number of fused-ring (bicyclic) bond motifs is 1. The largest absolute Gasteiger partial charge is 0.322 e. The van der Waals surface area contributed by atoms with Crippen LogP contribution in [0.5, 0.6) is 0 Å². The number of H-pyrrole nitrogens is 1. The van der Waals surface area contributed by atoms with Gasteiger partial charge < -0.3 is 10.3 Å². The molecule has 0 saturated heterocycles. The zero-order valence-electron chi connectivity index (χ0n) is 13.8. The molecule has 0 unspecified atom stereocenters. The van der Waals surface area contributed by atoms with Crippen LogP contribution < -0.4 is 10.9 Å². The molecule has 4 aromatic rings.